The van der Waals surface area contributed by atoms with Crippen molar-refractivity contribution < 1.29 is 4.79 Å². The SMILES string of the molecule is C=CC.CC(=O)C(C1=Cn2ccnc2CC1)c1ccc(C(C)(C)C)cc1.CNC. The number of benzene rings is 1. The summed E-state index contributed by atoms with van der Waals surface area (Å²) in [6, 6.07) is 8.52. The highest BCUT2D eigenvalue weighted by molar-refractivity contribution is 5.87. The zero-order valence-corrected chi connectivity index (χ0v) is 19.1. The van der Waals surface area contributed by atoms with E-state index in [2.05, 4.69) is 68.1 Å². The number of aromatic nitrogens is 2. The topological polar surface area (TPSA) is 46.9 Å². The minimum atomic E-state index is -0.153. The van der Waals surface area contributed by atoms with E-state index >= 15 is 0 Å². The first-order valence-corrected chi connectivity index (χ1v) is 10.2. The number of nitrogens with one attached hydrogen (secondary N) is 1. The van der Waals surface area contributed by atoms with Crippen LogP contribution in [0.15, 0.2) is 54.9 Å². The van der Waals surface area contributed by atoms with Crippen LogP contribution in [0.4, 0.5) is 0 Å². The van der Waals surface area contributed by atoms with Gasteiger partial charge in [-0.1, -0.05) is 51.1 Å². The third kappa shape index (κ3) is 7.13. The van der Waals surface area contributed by atoms with E-state index in [-0.39, 0.29) is 17.1 Å². The Hall–Kier alpha value is -2.46. The van der Waals surface area contributed by atoms with Crippen molar-refractivity contribution in [1.29, 1.82) is 0 Å². The molecule has 0 saturated carbocycles. The van der Waals surface area contributed by atoms with Crippen LogP contribution < -0.4 is 5.32 Å². The smallest absolute Gasteiger partial charge is 0.141 e. The summed E-state index contributed by atoms with van der Waals surface area (Å²) in [7, 11) is 3.75. The van der Waals surface area contributed by atoms with Crippen LogP contribution in [-0.2, 0) is 16.6 Å². The average Bonchev–Trinajstić information content (AvgIpc) is 3.10. The Morgan fingerprint density at radius 3 is 2.24 bits per heavy atom. The monoisotopic (exact) mass is 395 g/mol. The molecule has 0 amide bonds. The van der Waals surface area contributed by atoms with Crippen molar-refractivity contribution in [2.75, 3.05) is 14.1 Å². The van der Waals surface area contributed by atoms with Crippen LogP contribution >= 0.6 is 0 Å². The summed E-state index contributed by atoms with van der Waals surface area (Å²) in [5.74, 6) is 1.11. The minimum Gasteiger partial charge on any atom is -0.323 e. The maximum atomic E-state index is 12.3. The largest absolute Gasteiger partial charge is 0.323 e. The highest BCUT2D eigenvalue weighted by atomic mass is 16.1. The highest BCUT2D eigenvalue weighted by Crippen LogP contribution is 2.33. The number of rotatable bonds is 3. The molecule has 1 aliphatic rings. The number of aryl methyl sites for hydroxylation is 1. The second-order valence-electron chi connectivity index (χ2n) is 8.28. The van der Waals surface area contributed by atoms with Gasteiger partial charge in [0, 0.05) is 25.0 Å². The summed E-state index contributed by atoms with van der Waals surface area (Å²) in [6.07, 6.45) is 9.38. The van der Waals surface area contributed by atoms with E-state index in [4.69, 9.17) is 0 Å². The second kappa shape index (κ2) is 11.5. The number of carbonyl (C=O) groups is 1. The van der Waals surface area contributed by atoms with Gasteiger partial charge in [-0.2, -0.15) is 0 Å². The molecular formula is C25H37N3O. The van der Waals surface area contributed by atoms with Crippen LogP contribution in [0, 0.1) is 0 Å². The predicted octanol–water partition coefficient (Wildman–Crippen LogP) is 5.37. The molecule has 1 aromatic heterocycles. The lowest BCUT2D eigenvalue weighted by molar-refractivity contribution is -0.117. The van der Waals surface area contributed by atoms with Crippen molar-refractivity contribution in [2.24, 2.45) is 0 Å². The van der Waals surface area contributed by atoms with Gasteiger partial charge >= 0.3 is 0 Å². The summed E-state index contributed by atoms with van der Waals surface area (Å²) in [5.41, 5.74) is 3.67. The van der Waals surface area contributed by atoms with E-state index in [0.29, 0.717) is 0 Å². The summed E-state index contributed by atoms with van der Waals surface area (Å²) < 4.78 is 2.04. The number of carbonyl (C=O) groups excluding carboxylic acids is 1. The van der Waals surface area contributed by atoms with E-state index < -0.39 is 0 Å². The molecule has 0 saturated heterocycles. The third-order valence-corrected chi connectivity index (χ3v) is 4.58. The molecule has 158 valence electrons. The minimum absolute atomic E-state index is 0.125. The molecular weight excluding hydrogens is 358 g/mol. The van der Waals surface area contributed by atoms with Gasteiger partial charge in [-0.15, -0.1) is 6.58 Å². The molecule has 1 aromatic carbocycles. The van der Waals surface area contributed by atoms with Gasteiger partial charge in [0.2, 0.25) is 0 Å². The molecule has 3 rings (SSSR count). The first-order chi connectivity index (χ1) is 13.7. The molecule has 29 heavy (non-hydrogen) atoms. The number of fused-ring (bicyclic) bond motifs is 1. The van der Waals surface area contributed by atoms with Gasteiger partial charge in [0.1, 0.15) is 11.6 Å². The van der Waals surface area contributed by atoms with Gasteiger partial charge < -0.3 is 9.88 Å². The second-order valence-corrected chi connectivity index (χ2v) is 8.28. The Bertz CT molecular complexity index is 807. The van der Waals surface area contributed by atoms with Crippen LogP contribution in [0.25, 0.3) is 6.20 Å². The molecule has 1 N–H and O–H groups in total. The molecule has 0 spiro atoms. The number of allylic oxidation sites excluding steroid dienone is 2. The lowest BCUT2D eigenvalue weighted by atomic mass is 9.82. The van der Waals surface area contributed by atoms with Crippen LogP contribution in [0.1, 0.15) is 63.9 Å². The fraction of sp³-hybridized carbons (Fsp3) is 0.440. The maximum Gasteiger partial charge on any atom is 0.141 e. The molecule has 1 atom stereocenters. The molecule has 4 heteroatoms. The summed E-state index contributed by atoms with van der Waals surface area (Å²) >= 11 is 0. The molecule has 0 bridgehead atoms. The predicted molar refractivity (Wildman–Crippen MR) is 124 cm³/mol. The Labute approximate surface area is 176 Å². The van der Waals surface area contributed by atoms with Crippen molar-refractivity contribution in [3.8, 4) is 0 Å². The van der Waals surface area contributed by atoms with E-state index in [1.165, 1.54) is 11.1 Å². The average molecular weight is 396 g/mol. The summed E-state index contributed by atoms with van der Waals surface area (Å²) in [4.78, 5) is 16.7. The number of ketones is 1. The first-order valence-electron chi connectivity index (χ1n) is 10.2. The zero-order valence-electron chi connectivity index (χ0n) is 19.1. The highest BCUT2D eigenvalue weighted by Gasteiger charge is 2.25. The number of Topliss-reactive ketones (excluding diaryl/α,β-unsaturated/α-hetero) is 1. The molecule has 2 aromatic rings. The van der Waals surface area contributed by atoms with Crippen molar-refractivity contribution in [1.82, 2.24) is 14.9 Å². The Morgan fingerprint density at radius 1 is 1.21 bits per heavy atom. The van der Waals surface area contributed by atoms with Crippen LogP contribution in [0.2, 0.25) is 0 Å². The van der Waals surface area contributed by atoms with E-state index in [1.807, 2.05) is 38.0 Å². The van der Waals surface area contributed by atoms with Crippen LogP contribution in [0.5, 0.6) is 0 Å². The molecule has 0 radical (unpaired) electrons. The van der Waals surface area contributed by atoms with E-state index in [0.717, 1.165) is 24.2 Å². The van der Waals surface area contributed by atoms with Crippen molar-refractivity contribution >= 4 is 12.0 Å². The van der Waals surface area contributed by atoms with Crippen molar-refractivity contribution in [3.63, 3.8) is 0 Å². The number of hydrogen-bond acceptors (Lipinski definition) is 3. The number of imidazole rings is 1. The Morgan fingerprint density at radius 2 is 1.76 bits per heavy atom. The van der Waals surface area contributed by atoms with Crippen molar-refractivity contribution in [2.45, 2.75) is 58.8 Å². The normalized spacial score (nSPS) is 13.6. The molecule has 0 fully saturated rings. The first kappa shape index (κ1) is 24.6. The van der Waals surface area contributed by atoms with Crippen LogP contribution in [-0.4, -0.2) is 29.4 Å². The number of nitrogens with zero attached hydrogens (tertiary/aromatic N) is 2. The number of hydrogen-bond donors (Lipinski definition) is 1. The Kier molecular flexibility index (Phi) is 9.76. The van der Waals surface area contributed by atoms with Crippen molar-refractivity contribution in [3.05, 3.63) is 71.8 Å². The van der Waals surface area contributed by atoms with Gasteiger partial charge in [-0.25, -0.2) is 4.98 Å². The fourth-order valence-electron chi connectivity index (χ4n) is 3.26. The third-order valence-electron chi connectivity index (χ3n) is 4.58. The summed E-state index contributed by atoms with van der Waals surface area (Å²) in [6.45, 7) is 13.5. The molecule has 1 aliphatic heterocycles. The van der Waals surface area contributed by atoms with E-state index in [1.54, 1.807) is 13.0 Å². The molecule has 2 heterocycles. The fourth-order valence-corrected chi connectivity index (χ4v) is 3.26. The van der Waals surface area contributed by atoms with Gasteiger partial charge in [-0.05, 0) is 56.5 Å². The van der Waals surface area contributed by atoms with Gasteiger partial charge in [0.15, 0.2) is 0 Å². The summed E-state index contributed by atoms with van der Waals surface area (Å²) in [5, 5.41) is 2.75. The van der Waals surface area contributed by atoms with E-state index in [9.17, 15) is 4.79 Å². The standard InChI is InChI=1S/C20H24N2O.C3H6.C2H7N/c1-14(23)19(15-5-8-17(9-6-15)20(2,3)4)16-7-10-18-21-11-12-22(18)13-16;2*1-3-2/h5-6,8-9,11-13,19H,7,10H2,1-4H3;3H,1H2,2H3;3H,1-2H3. The quantitative estimate of drug-likeness (QED) is 0.711. The lowest BCUT2D eigenvalue weighted by Crippen LogP contribution is -2.17. The zero-order chi connectivity index (χ0) is 22.0. The lowest BCUT2D eigenvalue weighted by Gasteiger charge is -2.24. The van der Waals surface area contributed by atoms with Gasteiger partial charge in [0.05, 0.1) is 5.92 Å². The van der Waals surface area contributed by atoms with Gasteiger partial charge in [0.25, 0.3) is 0 Å². The molecule has 0 aliphatic carbocycles. The maximum absolute atomic E-state index is 12.3. The molecule has 1 unspecified atom stereocenters. The molecule has 4 nitrogen and oxygen atoms in total. The Balaban J connectivity index is 0.000000626. The van der Waals surface area contributed by atoms with Crippen LogP contribution in [0.3, 0.4) is 0 Å². The van der Waals surface area contributed by atoms with Gasteiger partial charge in [-0.3, -0.25) is 4.79 Å².